The number of fused-ring (bicyclic) bond motifs is 1. The van der Waals surface area contributed by atoms with Gasteiger partial charge in [0.05, 0.1) is 0 Å². The Kier molecular flexibility index (Phi) is 4.36. The van der Waals surface area contributed by atoms with Crippen molar-refractivity contribution in [3.63, 3.8) is 0 Å². The van der Waals surface area contributed by atoms with Crippen LogP contribution in [0.15, 0.2) is 23.1 Å². The van der Waals surface area contributed by atoms with Crippen LogP contribution in [-0.2, 0) is 26.2 Å². The molecule has 0 fully saturated rings. The molecular formula is C15H16F3N5O2. The average molecular weight is 355 g/mol. The van der Waals surface area contributed by atoms with Crippen molar-refractivity contribution >= 4 is 5.91 Å². The monoisotopic (exact) mass is 355 g/mol. The largest absolute Gasteiger partial charge is 0.434 e. The number of carbonyl (C=O) groups excluding carboxylic acids is 1. The van der Waals surface area contributed by atoms with Gasteiger partial charge in [-0.05, 0) is 18.4 Å². The van der Waals surface area contributed by atoms with E-state index in [1.807, 2.05) is 0 Å². The first-order valence-corrected chi connectivity index (χ1v) is 7.70. The highest BCUT2D eigenvalue weighted by Gasteiger charge is 2.35. The van der Waals surface area contributed by atoms with Crippen LogP contribution in [0.25, 0.3) is 0 Å². The summed E-state index contributed by atoms with van der Waals surface area (Å²) in [6.45, 7) is 0.668. The first-order chi connectivity index (χ1) is 11.7. The van der Waals surface area contributed by atoms with Crippen molar-refractivity contribution in [1.82, 2.24) is 24.6 Å². The highest BCUT2D eigenvalue weighted by Crippen LogP contribution is 2.30. The number of hydrogen-bond donors (Lipinski definition) is 1. The third kappa shape index (κ3) is 3.72. The zero-order valence-electron chi connectivity index (χ0n) is 13.4. The minimum Gasteiger partial charge on any atom is -0.350 e. The van der Waals surface area contributed by atoms with Crippen LogP contribution in [0.2, 0.25) is 0 Å². The molecule has 0 spiro atoms. The second-order valence-electron chi connectivity index (χ2n) is 5.99. The van der Waals surface area contributed by atoms with Crippen molar-refractivity contribution in [2.24, 2.45) is 13.0 Å². The lowest BCUT2D eigenvalue weighted by Crippen LogP contribution is -2.35. The van der Waals surface area contributed by atoms with Crippen molar-refractivity contribution in [3.8, 4) is 0 Å². The summed E-state index contributed by atoms with van der Waals surface area (Å²) in [5.74, 6) is -0.0168. The van der Waals surface area contributed by atoms with Crippen LogP contribution in [0.1, 0.15) is 28.4 Å². The number of carbonyl (C=O) groups is 1. The Morgan fingerprint density at radius 3 is 2.84 bits per heavy atom. The van der Waals surface area contributed by atoms with E-state index in [9.17, 15) is 22.8 Å². The van der Waals surface area contributed by atoms with Crippen LogP contribution in [0.3, 0.4) is 0 Å². The number of alkyl halides is 3. The Hall–Kier alpha value is -2.65. The van der Waals surface area contributed by atoms with Gasteiger partial charge in [0.2, 0.25) is 0 Å². The Bertz CT molecular complexity index is 856. The Morgan fingerprint density at radius 2 is 2.16 bits per heavy atom. The molecule has 1 aliphatic rings. The van der Waals surface area contributed by atoms with Crippen molar-refractivity contribution < 1.29 is 18.0 Å². The second kappa shape index (κ2) is 6.34. The predicted molar refractivity (Wildman–Crippen MR) is 80.9 cm³/mol. The number of aryl methyl sites for hydroxylation is 2. The van der Waals surface area contributed by atoms with E-state index in [1.54, 1.807) is 0 Å². The van der Waals surface area contributed by atoms with Crippen LogP contribution >= 0.6 is 0 Å². The third-order valence-electron chi connectivity index (χ3n) is 4.13. The number of hydrogen-bond acceptors (Lipinski definition) is 4. The predicted octanol–water partition coefficient (Wildman–Crippen LogP) is 0.988. The molecule has 2 aromatic rings. The normalized spacial score (nSPS) is 17.2. The fourth-order valence-corrected chi connectivity index (χ4v) is 2.77. The molecule has 1 amide bonds. The van der Waals surface area contributed by atoms with Gasteiger partial charge >= 0.3 is 6.18 Å². The van der Waals surface area contributed by atoms with E-state index < -0.39 is 17.8 Å². The van der Waals surface area contributed by atoms with Crippen LogP contribution in [0.5, 0.6) is 0 Å². The van der Waals surface area contributed by atoms with Gasteiger partial charge in [-0.15, -0.1) is 0 Å². The first-order valence-electron chi connectivity index (χ1n) is 7.70. The number of nitrogens with zero attached hydrogens (tertiary/aromatic N) is 4. The molecule has 3 rings (SSSR count). The molecule has 1 N–H and O–H groups in total. The van der Waals surface area contributed by atoms with Gasteiger partial charge in [0, 0.05) is 38.8 Å². The topological polar surface area (TPSA) is 81.8 Å². The first kappa shape index (κ1) is 17.2. The molecule has 0 saturated carbocycles. The molecule has 0 aromatic carbocycles. The third-order valence-corrected chi connectivity index (χ3v) is 4.13. The molecule has 1 atom stereocenters. The fourth-order valence-electron chi connectivity index (χ4n) is 2.77. The zero-order chi connectivity index (χ0) is 18.2. The molecule has 134 valence electrons. The molecule has 2 aromatic heterocycles. The van der Waals surface area contributed by atoms with E-state index >= 15 is 0 Å². The SMILES string of the molecule is Cn1nc(C(=O)NC[C@H]2CCc3nc(C(F)(F)F)cn3C2)ccc1=O. The minimum absolute atomic E-state index is 0.000680. The summed E-state index contributed by atoms with van der Waals surface area (Å²) in [6, 6.07) is 2.58. The van der Waals surface area contributed by atoms with Gasteiger partial charge in [-0.25, -0.2) is 9.67 Å². The van der Waals surface area contributed by atoms with Gasteiger partial charge in [-0.3, -0.25) is 9.59 Å². The van der Waals surface area contributed by atoms with Crippen molar-refractivity contribution in [1.29, 1.82) is 0 Å². The molecule has 10 heteroatoms. The smallest absolute Gasteiger partial charge is 0.350 e. The Morgan fingerprint density at radius 1 is 1.40 bits per heavy atom. The Balaban J connectivity index is 1.61. The average Bonchev–Trinajstić information content (AvgIpc) is 2.98. The van der Waals surface area contributed by atoms with Gasteiger partial charge in [0.25, 0.3) is 11.5 Å². The summed E-state index contributed by atoms with van der Waals surface area (Å²) in [4.78, 5) is 27.0. The minimum atomic E-state index is -4.46. The number of rotatable bonds is 3. The molecule has 0 aliphatic carbocycles. The molecule has 0 saturated heterocycles. The van der Waals surface area contributed by atoms with Crippen LogP contribution in [0, 0.1) is 5.92 Å². The van der Waals surface area contributed by atoms with Crippen LogP contribution < -0.4 is 10.9 Å². The van der Waals surface area contributed by atoms with E-state index in [1.165, 1.54) is 23.7 Å². The van der Waals surface area contributed by atoms with Gasteiger partial charge in [-0.1, -0.05) is 0 Å². The number of imidazole rings is 1. The quantitative estimate of drug-likeness (QED) is 0.890. The lowest BCUT2D eigenvalue weighted by Gasteiger charge is -2.23. The van der Waals surface area contributed by atoms with E-state index in [2.05, 4.69) is 15.4 Å². The molecule has 7 nitrogen and oxygen atoms in total. The van der Waals surface area contributed by atoms with Gasteiger partial charge in [0.15, 0.2) is 5.69 Å². The number of nitrogens with one attached hydrogen (secondary N) is 1. The molecular weight excluding hydrogens is 339 g/mol. The molecule has 3 heterocycles. The molecule has 0 bridgehead atoms. The molecule has 0 unspecified atom stereocenters. The number of amides is 1. The summed E-state index contributed by atoms with van der Waals surface area (Å²) < 4.78 is 40.7. The van der Waals surface area contributed by atoms with E-state index in [4.69, 9.17) is 0 Å². The fraction of sp³-hybridized carbons (Fsp3) is 0.467. The summed E-state index contributed by atoms with van der Waals surface area (Å²) in [6.07, 6.45) is -2.38. The lowest BCUT2D eigenvalue weighted by molar-refractivity contribution is -0.141. The van der Waals surface area contributed by atoms with Crippen molar-refractivity contribution in [3.05, 3.63) is 45.9 Å². The maximum atomic E-state index is 12.7. The van der Waals surface area contributed by atoms with E-state index in [0.29, 0.717) is 31.8 Å². The molecule has 1 aliphatic heterocycles. The lowest BCUT2D eigenvalue weighted by atomic mass is 9.99. The van der Waals surface area contributed by atoms with Gasteiger partial charge in [0.1, 0.15) is 11.5 Å². The maximum absolute atomic E-state index is 12.7. The maximum Gasteiger partial charge on any atom is 0.434 e. The van der Waals surface area contributed by atoms with E-state index in [-0.39, 0.29) is 17.2 Å². The highest BCUT2D eigenvalue weighted by atomic mass is 19.4. The van der Waals surface area contributed by atoms with Gasteiger partial charge < -0.3 is 9.88 Å². The van der Waals surface area contributed by atoms with Crippen molar-refractivity contribution in [2.45, 2.75) is 25.6 Å². The second-order valence-corrected chi connectivity index (χ2v) is 5.99. The standard InChI is InChI=1S/C15H16F3N5O2/c1-22-13(24)5-3-10(21-22)14(25)19-6-9-2-4-12-20-11(15(16,17)18)8-23(12)7-9/h3,5,8-9H,2,4,6-7H2,1H3,(H,19,25)/t9-/m1/s1. The number of aromatic nitrogens is 4. The molecule has 0 radical (unpaired) electrons. The van der Waals surface area contributed by atoms with Crippen LogP contribution in [0.4, 0.5) is 13.2 Å². The summed E-state index contributed by atoms with van der Waals surface area (Å²) in [7, 11) is 1.44. The highest BCUT2D eigenvalue weighted by molar-refractivity contribution is 5.91. The summed E-state index contributed by atoms with van der Waals surface area (Å²) in [5.41, 5.74) is -1.10. The van der Waals surface area contributed by atoms with Gasteiger partial charge in [-0.2, -0.15) is 18.3 Å². The van der Waals surface area contributed by atoms with Crippen LogP contribution in [-0.4, -0.2) is 31.8 Å². The van der Waals surface area contributed by atoms with E-state index in [0.717, 1.165) is 10.9 Å². The number of halogens is 3. The van der Waals surface area contributed by atoms with Crippen molar-refractivity contribution in [2.75, 3.05) is 6.54 Å². The molecule has 25 heavy (non-hydrogen) atoms. The Labute approximate surface area is 140 Å². The summed E-state index contributed by atoms with van der Waals surface area (Å²) >= 11 is 0. The summed E-state index contributed by atoms with van der Waals surface area (Å²) in [5, 5.41) is 6.57. The zero-order valence-corrected chi connectivity index (χ0v) is 13.4.